The predicted octanol–water partition coefficient (Wildman–Crippen LogP) is 5.26. The van der Waals surface area contributed by atoms with Crippen molar-refractivity contribution in [2.75, 3.05) is 18.0 Å². The second-order valence-electron chi connectivity index (χ2n) is 6.83. The van der Waals surface area contributed by atoms with Gasteiger partial charge in [-0.3, -0.25) is 0 Å². The minimum atomic E-state index is 0.0378. The van der Waals surface area contributed by atoms with Gasteiger partial charge < -0.3 is 14.6 Å². The van der Waals surface area contributed by atoms with Gasteiger partial charge in [-0.05, 0) is 58.0 Å². The highest BCUT2D eigenvalue weighted by atomic mass is 16.5. The van der Waals surface area contributed by atoms with E-state index in [0.29, 0.717) is 11.4 Å². The fourth-order valence-electron chi connectivity index (χ4n) is 3.17. The predicted molar refractivity (Wildman–Crippen MR) is 115 cm³/mol. The molecular formula is C23H26N4O. The summed E-state index contributed by atoms with van der Waals surface area (Å²) in [4.78, 5) is 10.0. The number of H-pyrrole nitrogens is 1. The average Bonchev–Trinajstić information content (AvgIpc) is 3.12. The Balaban J connectivity index is 2.05. The van der Waals surface area contributed by atoms with Gasteiger partial charge in [0, 0.05) is 30.4 Å². The summed E-state index contributed by atoms with van der Waals surface area (Å²) in [5.41, 5.74) is 4.20. The molecule has 28 heavy (non-hydrogen) atoms. The molecule has 0 unspecified atom stereocenters. The summed E-state index contributed by atoms with van der Waals surface area (Å²) in [7, 11) is 0. The lowest BCUT2D eigenvalue weighted by molar-refractivity contribution is 0.242. The van der Waals surface area contributed by atoms with Crippen molar-refractivity contribution in [3.05, 3.63) is 53.9 Å². The Bertz CT molecular complexity index is 990. The molecule has 1 aromatic heterocycles. The van der Waals surface area contributed by atoms with E-state index in [1.807, 2.05) is 56.3 Å². The summed E-state index contributed by atoms with van der Waals surface area (Å²) in [5.74, 6) is 1.33. The number of allylic oxidation sites excluding steroid dienone is 1. The van der Waals surface area contributed by atoms with E-state index in [9.17, 15) is 5.26 Å². The first-order valence-corrected chi connectivity index (χ1v) is 9.68. The first-order chi connectivity index (χ1) is 13.5. The zero-order valence-electron chi connectivity index (χ0n) is 16.9. The second-order valence-corrected chi connectivity index (χ2v) is 6.83. The maximum absolute atomic E-state index is 9.73. The van der Waals surface area contributed by atoms with E-state index >= 15 is 0 Å². The fraction of sp³-hybridized carbons (Fsp3) is 0.304. The summed E-state index contributed by atoms with van der Waals surface area (Å²) in [6.45, 7) is 10.1. The zero-order valence-corrected chi connectivity index (χ0v) is 16.9. The number of fused-ring (bicyclic) bond motifs is 1. The highest BCUT2D eigenvalue weighted by molar-refractivity contribution is 5.91. The summed E-state index contributed by atoms with van der Waals surface area (Å²) < 4.78 is 6.05. The topological polar surface area (TPSA) is 64.9 Å². The van der Waals surface area contributed by atoms with Gasteiger partial charge in [-0.2, -0.15) is 5.26 Å². The highest BCUT2D eigenvalue weighted by Gasteiger charge is 2.12. The molecule has 0 aliphatic rings. The van der Waals surface area contributed by atoms with Crippen LogP contribution in [0.25, 0.3) is 22.7 Å². The Morgan fingerprint density at radius 1 is 1.21 bits per heavy atom. The summed E-state index contributed by atoms with van der Waals surface area (Å²) in [5, 5.41) is 9.73. The summed E-state index contributed by atoms with van der Waals surface area (Å²) >= 11 is 0. The van der Waals surface area contributed by atoms with Crippen LogP contribution in [0.4, 0.5) is 5.69 Å². The molecule has 0 saturated heterocycles. The van der Waals surface area contributed by atoms with Crippen LogP contribution in [-0.2, 0) is 0 Å². The molecule has 5 nitrogen and oxygen atoms in total. The van der Waals surface area contributed by atoms with E-state index in [0.717, 1.165) is 41.1 Å². The number of ether oxygens (including phenoxy) is 1. The Morgan fingerprint density at radius 3 is 2.61 bits per heavy atom. The Kier molecular flexibility index (Phi) is 6.00. The highest BCUT2D eigenvalue weighted by Crippen LogP contribution is 2.30. The molecular weight excluding hydrogens is 348 g/mol. The molecule has 0 saturated carbocycles. The van der Waals surface area contributed by atoms with Crippen LogP contribution in [0.5, 0.6) is 5.75 Å². The molecule has 1 heterocycles. The maximum Gasteiger partial charge on any atom is 0.149 e. The van der Waals surface area contributed by atoms with Gasteiger partial charge in [0.1, 0.15) is 17.6 Å². The van der Waals surface area contributed by atoms with E-state index in [2.05, 4.69) is 40.9 Å². The quantitative estimate of drug-likeness (QED) is 0.573. The van der Waals surface area contributed by atoms with Crippen molar-refractivity contribution in [3.63, 3.8) is 0 Å². The standard InChI is InChI=1S/C23H26N4O/c1-5-27(6-2)19-12-11-17(22(14-19)28-16(3)4)13-18(15-24)23-25-20-9-7-8-10-21(20)26-23/h7-14,16H,5-6H2,1-4H3,(H,25,26)/b18-13-. The first-order valence-electron chi connectivity index (χ1n) is 9.68. The smallest absolute Gasteiger partial charge is 0.149 e. The number of anilines is 1. The summed E-state index contributed by atoms with van der Waals surface area (Å²) in [6, 6.07) is 16.1. The van der Waals surface area contributed by atoms with Crippen molar-refractivity contribution in [3.8, 4) is 11.8 Å². The van der Waals surface area contributed by atoms with Gasteiger partial charge in [-0.15, -0.1) is 0 Å². The third-order valence-electron chi connectivity index (χ3n) is 4.55. The van der Waals surface area contributed by atoms with Crippen LogP contribution >= 0.6 is 0 Å². The second kappa shape index (κ2) is 8.62. The number of nitrogens with one attached hydrogen (secondary N) is 1. The van der Waals surface area contributed by atoms with Crippen molar-refractivity contribution in [1.82, 2.24) is 9.97 Å². The van der Waals surface area contributed by atoms with E-state index < -0.39 is 0 Å². The van der Waals surface area contributed by atoms with Crippen molar-refractivity contribution in [1.29, 1.82) is 5.26 Å². The van der Waals surface area contributed by atoms with Crippen LogP contribution in [0.2, 0.25) is 0 Å². The Morgan fingerprint density at radius 2 is 1.96 bits per heavy atom. The molecule has 1 N–H and O–H groups in total. The number of nitrogens with zero attached hydrogens (tertiary/aromatic N) is 3. The Labute approximate surface area is 166 Å². The van der Waals surface area contributed by atoms with Gasteiger partial charge in [-0.1, -0.05) is 12.1 Å². The van der Waals surface area contributed by atoms with Crippen molar-refractivity contribution in [2.24, 2.45) is 0 Å². The van der Waals surface area contributed by atoms with Crippen LogP contribution in [0.15, 0.2) is 42.5 Å². The molecule has 0 bridgehead atoms. The normalized spacial score (nSPS) is 11.6. The molecule has 0 radical (unpaired) electrons. The number of aromatic nitrogens is 2. The van der Waals surface area contributed by atoms with E-state index in [1.165, 1.54) is 0 Å². The van der Waals surface area contributed by atoms with Gasteiger partial charge in [-0.25, -0.2) is 4.98 Å². The molecule has 2 aromatic carbocycles. The number of nitriles is 1. The number of benzene rings is 2. The number of rotatable bonds is 7. The number of imidazole rings is 1. The van der Waals surface area contributed by atoms with Gasteiger partial charge in [0.2, 0.25) is 0 Å². The molecule has 0 amide bonds. The average molecular weight is 374 g/mol. The lowest BCUT2D eigenvalue weighted by Gasteiger charge is -2.23. The van der Waals surface area contributed by atoms with Crippen LogP contribution in [0.1, 0.15) is 39.1 Å². The summed E-state index contributed by atoms with van der Waals surface area (Å²) in [6.07, 6.45) is 1.87. The van der Waals surface area contributed by atoms with Gasteiger partial charge in [0.25, 0.3) is 0 Å². The number of hydrogen-bond donors (Lipinski definition) is 1. The zero-order chi connectivity index (χ0) is 20.1. The largest absolute Gasteiger partial charge is 0.490 e. The minimum Gasteiger partial charge on any atom is -0.490 e. The van der Waals surface area contributed by atoms with Crippen LogP contribution in [0.3, 0.4) is 0 Å². The third-order valence-corrected chi connectivity index (χ3v) is 4.55. The van der Waals surface area contributed by atoms with Crippen LogP contribution < -0.4 is 9.64 Å². The van der Waals surface area contributed by atoms with Crippen molar-refractivity contribution < 1.29 is 4.74 Å². The van der Waals surface area contributed by atoms with Gasteiger partial charge in [0.05, 0.1) is 22.7 Å². The first kappa shape index (κ1) is 19.5. The molecule has 3 aromatic rings. The number of para-hydroxylation sites is 2. The van der Waals surface area contributed by atoms with Gasteiger partial charge >= 0.3 is 0 Å². The lowest BCUT2D eigenvalue weighted by atomic mass is 10.1. The fourth-order valence-corrected chi connectivity index (χ4v) is 3.17. The lowest BCUT2D eigenvalue weighted by Crippen LogP contribution is -2.21. The number of hydrogen-bond acceptors (Lipinski definition) is 4. The van der Waals surface area contributed by atoms with Crippen molar-refractivity contribution in [2.45, 2.75) is 33.8 Å². The maximum atomic E-state index is 9.73. The molecule has 0 fully saturated rings. The monoisotopic (exact) mass is 374 g/mol. The molecule has 0 aliphatic carbocycles. The Hall–Kier alpha value is -3.26. The van der Waals surface area contributed by atoms with Crippen molar-refractivity contribution >= 4 is 28.4 Å². The third kappa shape index (κ3) is 4.17. The molecule has 0 aliphatic heterocycles. The molecule has 0 spiro atoms. The SMILES string of the molecule is CCN(CC)c1ccc(/C=C(/C#N)c2nc3ccccc3[nH]2)c(OC(C)C)c1. The van der Waals surface area contributed by atoms with Gasteiger partial charge in [0.15, 0.2) is 0 Å². The van der Waals surface area contributed by atoms with E-state index in [1.54, 1.807) is 0 Å². The molecule has 3 rings (SSSR count). The van der Waals surface area contributed by atoms with Crippen LogP contribution in [-0.4, -0.2) is 29.2 Å². The minimum absolute atomic E-state index is 0.0378. The van der Waals surface area contributed by atoms with E-state index in [-0.39, 0.29) is 6.10 Å². The van der Waals surface area contributed by atoms with Crippen LogP contribution in [0, 0.1) is 11.3 Å². The molecule has 0 atom stereocenters. The van der Waals surface area contributed by atoms with E-state index in [4.69, 9.17) is 4.74 Å². The molecule has 5 heteroatoms. The number of aromatic amines is 1. The molecule has 144 valence electrons.